The van der Waals surface area contributed by atoms with Gasteiger partial charge in [0.1, 0.15) is 6.61 Å². The van der Waals surface area contributed by atoms with E-state index in [-0.39, 0.29) is 6.61 Å². The Kier molecular flexibility index (Phi) is 11.3. The predicted octanol–water partition coefficient (Wildman–Crippen LogP) is 4.52. The first-order valence-electron chi connectivity index (χ1n) is 8.05. The molecule has 0 saturated carbocycles. The summed E-state index contributed by atoms with van der Waals surface area (Å²) in [6, 6.07) is 9.81. The quantitative estimate of drug-likeness (QED) is 0.880. The summed E-state index contributed by atoms with van der Waals surface area (Å²) in [6.07, 6.45) is 1.57. The van der Waals surface area contributed by atoms with Gasteiger partial charge in [-0.2, -0.15) is 0 Å². The van der Waals surface area contributed by atoms with E-state index in [1.807, 2.05) is 58.9 Å². The van der Waals surface area contributed by atoms with Crippen LogP contribution in [0.25, 0.3) is 0 Å². The maximum Gasteiger partial charge on any atom is 0.179 e. The van der Waals surface area contributed by atoms with Gasteiger partial charge in [0, 0.05) is 6.07 Å². The monoisotopic (exact) mass is 319 g/mol. The molecular weight excluding hydrogens is 290 g/mol. The Hall–Kier alpha value is -2.07. The maximum atomic E-state index is 9.02. The van der Waals surface area contributed by atoms with Crippen LogP contribution in [0.15, 0.2) is 36.5 Å². The van der Waals surface area contributed by atoms with Crippen molar-refractivity contribution in [3.8, 4) is 11.5 Å². The Morgan fingerprint density at radius 1 is 1.00 bits per heavy atom. The number of methoxy groups -OCH3 is 1. The van der Waals surface area contributed by atoms with Gasteiger partial charge in [-0.15, -0.1) is 0 Å². The minimum absolute atomic E-state index is 0.116. The lowest BCUT2D eigenvalue weighted by molar-refractivity contribution is 0.268. The molecule has 1 aromatic heterocycles. The molecule has 0 spiro atoms. The third kappa shape index (κ3) is 7.15. The number of aryl methyl sites for hydroxylation is 1. The highest BCUT2D eigenvalue weighted by Gasteiger charge is 2.07. The summed E-state index contributed by atoms with van der Waals surface area (Å²) in [5.41, 5.74) is 2.86. The topological polar surface area (TPSA) is 51.6 Å². The van der Waals surface area contributed by atoms with Crippen LogP contribution in [0.5, 0.6) is 11.5 Å². The molecule has 0 aliphatic heterocycles. The number of nitrogens with zero attached hydrogens (tertiary/aromatic N) is 1. The summed E-state index contributed by atoms with van der Waals surface area (Å²) in [7, 11) is 1.56. The normalized spacial score (nSPS) is 9.00. The zero-order valence-corrected chi connectivity index (χ0v) is 15.1. The zero-order valence-electron chi connectivity index (χ0n) is 15.1. The van der Waals surface area contributed by atoms with Crippen molar-refractivity contribution in [2.24, 2.45) is 0 Å². The molecule has 4 nitrogen and oxygen atoms in total. The summed E-state index contributed by atoms with van der Waals surface area (Å²) in [4.78, 5) is 4.08. The van der Waals surface area contributed by atoms with Gasteiger partial charge in [0.2, 0.25) is 0 Å². The van der Waals surface area contributed by atoms with Crippen molar-refractivity contribution in [3.63, 3.8) is 0 Å². The SMILES string of the molecule is CC.CC.COc1cc(CO)ncc1OCc1ccc(C)cc1. The lowest BCUT2D eigenvalue weighted by Gasteiger charge is -2.11. The van der Waals surface area contributed by atoms with E-state index < -0.39 is 0 Å². The van der Waals surface area contributed by atoms with E-state index in [0.717, 1.165) is 5.56 Å². The molecule has 1 aromatic carbocycles. The Balaban J connectivity index is 0.00000112. The van der Waals surface area contributed by atoms with Gasteiger partial charge in [-0.05, 0) is 12.5 Å². The van der Waals surface area contributed by atoms with Crippen LogP contribution < -0.4 is 9.47 Å². The van der Waals surface area contributed by atoms with Gasteiger partial charge in [-0.3, -0.25) is 4.98 Å². The zero-order chi connectivity index (χ0) is 17.7. The van der Waals surface area contributed by atoms with Crippen molar-refractivity contribution in [1.82, 2.24) is 4.98 Å². The highest BCUT2D eigenvalue weighted by Crippen LogP contribution is 2.27. The van der Waals surface area contributed by atoms with Crippen LogP contribution in [-0.4, -0.2) is 17.2 Å². The van der Waals surface area contributed by atoms with E-state index in [1.54, 1.807) is 19.4 Å². The fraction of sp³-hybridized carbons (Fsp3) is 0.421. The lowest BCUT2D eigenvalue weighted by atomic mass is 10.2. The minimum atomic E-state index is -0.116. The van der Waals surface area contributed by atoms with Crippen molar-refractivity contribution < 1.29 is 14.6 Å². The third-order valence-electron chi connectivity index (χ3n) is 2.79. The number of hydrogen-bond acceptors (Lipinski definition) is 4. The number of aliphatic hydroxyl groups excluding tert-OH is 1. The second-order valence-electron chi connectivity index (χ2n) is 4.26. The molecule has 0 aliphatic rings. The number of pyridine rings is 1. The van der Waals surface area contributed by atoms with E-state index in [0.29, 0.717) is 23.8 Å². The molecule has 0 radical (unpaired) electrons. The summed E-state index contributed by atoms with van der Waals surface area (Å²) >= 11 is 0. The number of aliphatic hydroxyl groups is 1. The summed E-state index contributed by atoms with van der Waals surface area (Å²) in [5, 5.41) is 9.02. The van der Waals surface area contributed by atoms with Crippen molar-refractivity contribution in [3.05, 3.63) is 53.3 Å². The van der Waals surface area contributed by atoms with E-state index >= 15 is 0 Å². The van der Waals surface area contributed by atoms with Crippen molar-refractivity contribution in [2.75, 3.05) is 7.11 Å². The molecule has 2 rings (SSSR count). The highest BCUT2D eigenvalue weighted by atomic mass is 16.5. The molecule has 0 fully saturated rings. The Morgan fingerprint density at radius 2 is 1.61 bits per heavy atom. The van der Waals surface area contributed by atoms with Crippen LogP contribution in [0.3, 0.4) is 0 Å². The predicted molar refractivity (Wildman–Crippen MR) is 94.9 cm³/mol. The first-order valence-corrected chi connectivity index (χ1v) is 8.05. The summed E-state index contributed by atoms with van der Waals surface area (Å²) in [6.45, 7) is 10.4. The van der Waals surface area contributed by atoms with Crippen LogP contribution in [-0.2, 0) is 13.2 Å². The molecule has 1 N–H and O–H groups in total. The smallest absolute Gasteiger partial charge is 0.179 e. The molecule has 0 bridgehead atoms. The molecule has 0 atom stereocenters. The van der Waals surface area contributed by atoms with E-state index in [9.17, 15) is 0 Å². The molecule has 128 valence electrons. The molecule has 0 unspecified atom stereocenters. The van der Waals surface area contributed by atoms with Crippen LogP contribution in [0.1, 0.15) is 44.5 Å². The lowest BCUT2D eigenvalue weighted by Crippen LogP contribution is -2.00. The third-order valence-corrected chi connectivity index (χ3v) is 2.79. The standard InChI is InChI=1S/C15H17NO3.2C2H6/c1-11-3-5-12(6-4-11)10-19-15-8-16-13(9-17)7-14(15)18-2;2*1-2/h3-8,17H,9-10H2,1-2H3;2*1-2H3. The van der Waals surface area contributed by atoms with Gasteiger partial charge >= 0.3 is 0 Å². The molecule has 1 heterocycles. The summed E-state index contributed by atoms with van der Waals surface area (Å²) < 4.78 is 10.9. The van der Waals surface area contributed by atoms with Crippen LogP contribution in [0.2, 0.25) is 0 Å². The first-order chi connectivity index (χ1) is 11.2. The number of aromatic nitrogens is 1. The van der Waals surface area contributed by atoms with Gasteiger partial charge in [0.05, 0.1) is 25.6 Å². The fourth-order valence-electron chi connectivity index (χ4n) is 1.66. The first kappa shape index (κ1) is 20.9. The second kappa shape index (κ2) is 12.5. The average molecular weight is 319 g/mol. The molecule has 23 heavy (non-hydrogen) atoms. The molecule has 2 aromatic rings. The fourth-order valence-corrected chi connectivity index (χ4v) is 1.66. The Morgan fingerprint density at radius 3 is 2.13 bits per heavy atom. The maximum absolute atomic E-state index is 9.02. The molecular formula is C19H29NO3. The van der Waals surface area contributed by atoms with Crippen molar-refractivity contribution in [1.29, 1.82) is 0 Å². The van der Waals surface area contributed by atoms with Crippen LogP contribution in [0, 0.1) is 6.92 Å². The van der Waals surface area contributed by atoms with Gasteiger partial charge in [0.25, 0.3) is 0 Å². The summed E-state index contributed by atoms with van der Waals surface area (Å²) in [5.74, 6) is 1.14. The van der Waals surface area contributed by atoms with Crippen LogP contribution in [0.4, 0.5) is 0 Å². The molecule has 0 saturated heterocycles. The van der Waals surface area contributed by atoms with Crippen molar-refractivity contribution in [2.45, 2.75) is 47.8 Å². The van der Waals surface area contributed by atoms with E-state index in [2.05, 4.69) is 4.98 Å². The van der Waals surface area contributed by atoms with E-state index in [1.165, 1.54) is 5.56 Å². The van der Waals surface area contributed by atoms with Gasteiger partial charge in [-0.25, -0.2) is 0 Å². The molecule has 4 heteroatoms. The van der Waals surface area contributed by atoms with Crippen LogP contribution >= 0.6 is 0 Å². The molecule has 0 amide bonds. The number of hydrogen-bond donors (Lipinski definition) is 1. The minimum Gasteiger partial charge on any atom is -0.493 e. The Bertz CT molecular complexity index is 539. The largest absolute Gasteiger partial charge is 0.493 e. The van der Waals surface area contributed by atoms with Gasteiger partial charge in [-0.1, -0.05) is 57.5 Å². The van der Waals surface area contributed by atoms with Gasteiger partial charge < -0.3 is 14.6 Å². The number of benzene rings is 1. The number of rotatable bonds is 5. The number of ether oxygens (including phenoxy) is 2. The molecule has 0 aliphatic carbocycles. The highest BCUT2D eigenvalue weighted by molar-refractivity contribution is 5.39. The average Bonchev–Trinajstić information content (AvgIpc) is 2.64. The Labute approximate surface area is 140 Å². The van der Waals surface area contributed by atoms with E-state index in [4.69, 9.17) is 14.6 Å². The van der Waals surface area contributed by atoms with Crippen molar-refractivity contribution >= 4 is 0 Å². The van der Waals surface area contributed by atoms with Gasteiger partial charge in [0.15, 0.2) is 11.5 Å². The second-order valence-corrected chi connectivity index (χ2v) is 4.26.